The summed E-state index contributed by atoms with van der Waals surface area (Å²) in [7, 11) is 0. The van der Waals surface area contributed by atoms with Crippen LogP contribution in [-0.2, 0) is 0 Å². The van der Waals surface area contributed by atoms with Crippen molar-refractivity contribution in [3.05, 3.63) is 21.3 Å². The minimum Gasteiger partial charge on any atom is -0.402 e. The van der Waals surface area contributed by atoms with E-state index in [1.807, 2.05) is 0 Å². The van der Waals surface area contributed by atoms with E-state index in [1.54, 1.807) is 0 Å². The minimum absolute atomic E-state index is 0.000741. The van der Waals surface area contributed by atoms with Gasteiger partial charge in [-0.3, -0.25) is 0 Å². The summed E-state index contributed by atoms with van der Waals surface area (Å²) in [5, 5.41) is 0. The first kappa shape index (κ1) is 10.8. The van der Waals surface area contributed by atoms with Gasteiger partial charge in [0.15, 0.2) is 5.75 Å². The van der Waals surface area contributed by atoms with Crippen LogP contribution in [0.5, 0.6) is 5.75 Å². The van der Waals surface area contributed by atoms with Crippen LogP contribution in [0.1, 0.15) is 0 Å². The molecule has 0 unspecified atom stereocenters. The van der Waals surface area contributed by atoms with Crippen LogP contribution in [0.3, 0.4) is 0 Å². The quantitative estimate of drug-likeness (QED) is 0.739. The molecule has 0 aromatic carbocycles. The van der Waals surface area contributed by atoms with Crippen molar-refractivity contribution in [1.82, 2.24) is 4.98 Å². The van der Waals surface area contributed by atoms with Crippen molar-refractivity contribution in [2.75, 3.05) is 0 Å². The van der Waals surface area contributed by atoms with Gasteiger partial charge in [-0.2, -0.15) is 0 Å². The molecule has 0 spiro atoms. The molecular formula is C6H2Br2F3NO. The number of hydrogen-bond acceptors (Lipinski definition) is 2. The first-order valence-corrected chi connectivity index (χ1v) is 4.54. The van der Waals surface area contributed by atoms with Crippen LogP contribution in [-0.4, -0.2) is 11.3 Å². The summed E-state index contributed by atoms with van der Waals surface area (Å²) in [6, 6.07) is 1.35. The van der Waals surface area contributed by atoms with Crippen molar-refractivity contribution in [3.63, 3.8) is 0 Å². The monoisotopic (exact) mass is 319 g/mol. The lowest BCUT2D eigenvalue weighted by Gasteiger charge is -2.10. The van der Waals surface area contributed by atoms with Crippen molar-refractivity contribution < 1.29 is 17.9 Å². The Morgan fingerprint density at radius 1 is 1.31 bits per heavy atom. The maximum absolute atomic E-state index is 11.8. The van der Waals surface area contributed by atoms with Gasteiger partial charge in [-0.05, 0) is 37.9 Å². The van der Waals surface area contributed by atoms with Crippen molar-refractivity contribution in [3.8, 4) is 5.75 Å². The Balaban J connectivity index is 3.00. The lowest BCUT2D eigenvalue weighted by molar-refractivity contribution is -0.275. The number of rotatable bonds is 1. The van der Waals surface area contributed by atoms with Crippen LogP contribution in [0, 0.1) is 0 Å². The highest BCUT2D eigenvalue weighted by Crippen LogP contribution is 2.35. The molecule has 0 aliphatic carbocycles. The summed E-state index contributed by atoms with van der Waals surface area (Å²) < 4.78 is 39.3. The van der Waals surface area contributed by atoms with E-state index in [0.29, 0.717) is 0 Å². The highest BCUT2D eigenvalue weighted by atomic mass is 79.9. The number of aromatic nitrogens is 1. The molecule has 0 bridgehead atoms. The summed E-state index contributed by atoms with van der Waals surface area (Å²) >= 11 is 5.74. The Hall–Kier alpha value is -0.300. The zero-order valence-corrected chi connectivity index (χ0v) is 9.07. The average Bonchev–Trinajstić information content (AvgIpc) is 1.95. The van der Waals surface area contributed by atoms with Crippen molar-refractivity contribution in [2.24, 2.45) is 0 Å². The largest absolute Gasteiger partial charge is 0.573 e. The molecule has 2 nitrogen and oxygen atoms in total. The molecule has 1 aromatic heterocycles. The Bertz CT molecular complexity index is 295. The number of pyridine rings is 1. The molecule has 0 aliphatic rings. The predicted octanol–water partition coefficient (Wildman–Crippen LogP) is 3.51. The first-order chi connectivity index (χ1) is 5.90. The van der Waals surface area contributed by atoms with Crippen LogP contribution in [0.4, 0.5) is 13.2 Å². The topological polar surface area (TPSA) is 22.1 Å². The van der Waals surface area contributed by atoms with Crippen LogP contribution in [0.15, 0.2) is 21.3 Å². The zero-order valence-electron chi connectivity index (χ0n) is 5.90. The Morgan fingerprint density at radius 2 is 1.92 bits per heavy atom. The van der Waals surface area contributed by atoms with E-state index in [4.69, 9.17) is 0 Å². The number of alkyl halides is 3. The molecule has 0 N–H and O–H groups in total. The van der Waals surface area contributed by atoms with Crippen LogP contribution in [0.2, 0.25) is 0 Å². The zero-order chi connectivity index (χ0) is 10.1. The molecule has 0 aliphatic heterocycles. The number of halogens is 5. The van der Waals surface area contributed by atoms with Gasteiger partial charge in [0.05, 0.1) is 4.47 Å². The lowest BCUT2D eigenvalue weighted by atomic mass is 10.5. The van der Waals surface area contributed by atoms with Crippen LogP contribution in [0.25, 0.3) is 0 Å². The van der Waals surface area contributed by atoms with Gasteiger partial charge in [-0.15, -0.1) is 13.2 Å². The van der Waals surface area contributed by atoms with Gasteiger partial charge in [0, 0.05) is 6.20 Å². The molecule has 72 valence electrons. The van der Waals surface area contributed by atoms with Crippen LogP contribution < -0.4 is 4.74 Å². The molecule has 7 heteroatoms. The Morgan fingerprint density at radius 3 is 2.38 bits per heavy atom. The second-order valence-corrected chi connectivity index (χ2v) is 3.57. The summed E-state index contributed by atoms with van der Waals surface area (Å²) in [6.45, 7) is 0. The van der Waals surface area contributed by atoms with Crippen molar-refractivity contribution in [2.45, 2.75) is 6.36 Å². The molecule has 1 rings (SSSR count). The molecule has 0 atom stereocenters. The fraction of sp³-hybridized carbons (Fsp3) is 0.167. The van der Waals surface area contributed by atoms with E-state index in [9.17, 15) is 13.2 Å². The SMILES string of the molecule is FC(F)(F)Oc1c(Br)ccnc1Br. The first-order valence-electron chi connectivity index (χ1n) is 2.96. The second-order valence-electron chi connectivity index (χ2n) is 1.96. The minimum atomic E-state index is -4.71. The second kappa shape index (κ2) is 3.83. The maximum Gasteiger partial charge on any atom is 0.573 e. The molecular weight excluding hydrogens is 319 g/mol. The fourth-order valence-electron chi connectivity index (χ4n) is 0.608. The summed E-state index contributed by atoms with van der Waals surface area (Å²) in [6.07, 6.45) is -3.37. The third kappa shape index (κ3) is 3.15. The van der Waals surface area contributed by atoms with Crippen molar-refractivity contribution in [1.29, 1.82) is 0 Å². The van der Waals surface area contributed by atoms with E-state index in [0.717, 1.165) is 0 Å². The number of ether oxygens (including phenoxy) is 1. The molecule has 0 radical (unpaired) electrons. The molecule has 1 heterocycles. The van der Waals surface area contributed by atoms with Gasteiger partial charge >= 0.3 is 6.36 Å². The van der Waals surface area contributed by atoms with E-state index >= 15 is 0 Å². The van der Waals surface area contributed by atoms with E-state index in [2.05, 4.69) is 41.6 Å². The summed E-state index contributed by atoms with van der Waals surface area (Å²) in [5.74, 6) is -0.380. The third-order valence-corrected chi connectivity index (χ3v) is 2.22. The van der Waals surface area contributed by atoms with Gasteiger partial charge in [0.1, 0.15) is 4.60 Å². The van der Waals surface area contributed by atoms with Gasteiger partial charge in [-0.1, -0.05) is 0 Å². The van der Waals surface area contributed by atoms with E-state index < -0.39 is 6.36 Å². The van der Waals surface area contributed by atoms with Gasteiger partial charge in [-0.25, -0.2) is 4.98 Å². The van der Waals surface area contributed by atoms with Gasteiger partial charge in [0.25, 0.3) is 0 Å². The normalized spacial score (nSPS) is 11.5. The summed E-state index contributed by atoms with van der Waals surface area (Å²) in [5.41, 5.74) is 0. The maximum atomic E-state index is 11.8. The number of hydrogen-bond donors (Lipinski definition) is 0. The molecule has 0 amide bonds. The van der Waals surface area contributed by atoms with Crippen LogP contribution >= 0.6 is 31.9 Å². The standard InChI is InChI=1S/C6H2Br2F3NO/c7-3-1-2-12-5(8)4(3)13-6(9,10)11/h1-2H. The number of nitrogens with zero attached hydrogens (tertiary/aromatic N) is 1. The Labute approximate surface area is 88.4 Å². The molecule has 13 heavy (non-hydrogen) atoms. The predicted molar refractivity (Wildman–Crippen MR) is 46.3 cm³/mol. The van der Waals surface area contributed by atoms with Gasteiger partial charge in [0.2, 0.25) is 0 Å². The molecule has 0 fully saturated rings. The van der Waals surface area contributed by atoms with Gasteiger partial charge < -0.3 is 4.74 Å². The molecule has 0 saturated carbocycles. The van der Waals surface area contributed by atoms with E-state index in [-0.39, 0.29) is 14.8 Å². The average molecular weight is 321 g/mol. The highest BCUT2D eigenvalue weighted by molar-refractivity contribution is 9.11. The highest BCUT2D eigenvalue weighted by Gasteiger charge is 2.33. The fourth-order valence-corrected chi connectivity index (χ4v) is 1.67. The molecule has 0 saturated heterocycles. The summed E-state index contributed by atoms with van der Waals surface area (Å²) in [4.78, 5) is 3.59. The molecule has 1 aromatic rings. The van der Waals surface area contributed by atoms with Crippen molar-refractivity contribution >= 4 is 31.9 Å². The third-order valence-electron chi connectivity index (χ3n) is 1.03. The Kier molecular flexibility index (Phi) is 3.18. The lowest BCUT2D eigenvalue weighted by Crippen LogP contribution is -2.17. The van der Waals surface area contributed by atoms with E-state index in [1.165, 1.54) is 12.3 Å². The smallest absolute Gasteiger partial charge is 0.402 e.